The van der Waals surface area contributed by atoms with Gasteiger partial charge in [-0.1, -0.05) is 146 Å². The van der Waals surface area contributed by atoms with Crippen LogP contribution in [-0.2, 0) is 10.8 Å². The highest BCUT2D eigenvalue weighted by Gasteiger charge is 2.45. The van der Waals surface area contributed by atoms with Gasteiger partial charge < -0.3 is 18.8 Å². The molecule has 0 atom stereocenters. The molecule has 0 amide bonds. The highest BCUT2D eigenvalue weighted by molar-refractivity contribution is 7.00. The predicted octanol–water partition coefficient (Wildman–Crippen LogP) is 14.5. The van der Waals surface area contributed by atoms with Crippen molar-refractivity contribution in [1.82, 2.24) is 4.57 Å². The Morgan fingerprint density at radius 1 is 0.528 bits per heavy atom. The van der Waals surface area contributed by atoms with Crippen LogP contribution in [0.1, 0.15) is 86.1 Å². The molecule has 8 aromatic carbocycles. The first-order valence-corrected chi connectivity index (χ1v) is 25.5. The van der Waals surface area contributed by atoms with Crippen LogP contribution in [0.5, 0.6) is 0 Å². The number of allylic oxidation sites excluding steroid dienone is 1. The van der Waals surface area contributed by atoms with Gasteiger partial charge in [-0.2, -0.15) is 0 Å². The lowest BCUT2D eigenvalue weighted by atomic mass is 9.33. The standard InChI is InChI=1S/C67H62BN3O/c1-14-49(65-44(7)50-25-18-19-26-61(50)72-65)45-33-42(5)64(43(6)34-45)71-58-38-57-52(51-29-27-47(67(11,12)13)36-56(51)69(57)48-23-16-15-17-24-48)37-54(58)68-53-35-46(66(8,9)10)28-30-55(53)70(63-40(3)21-20-22-41(63)4)59-31-39(2)32-60(71)62(59)68/h14-38H,1,7H2,2-6,8-13H3/b65-49-. The van der Waals surface area contributed by atoms with Gasteiger partial charge in [0, 0.05) is 55.4 Å². The maximum Gasteiger partial charge on any atom is 0.252 e. The fourth-order valence-electron chi connectivity index (χ4n) is 12.2. The van der Waals surface area contributed by atoms with Crippen LogP contribution in [0.15, 0.2) is 163 Å². The molecule has 4 heterocycles. The summed E-state index contributed by atoms with van der Waals surface area (Å²) >= 11 is 0. The fourth-order valence-corrected chi connectivity index (χ4v) is 12.2. The van der Waals surface area contributed by atoms with E-state index in [1.54, 1.807) is 0 Å². The van der Waals surface area contributed by atoms with Crippen molar-refractivity contribution in [2.24, 2.45) is 0 Å². The van der Waals surface area contributed by atoms with E-state index in [1.807, 2.05) is 24.3 Å². The van der Waals surface area contributed by atoms with Crippen molar-refractivity contribution < 1.29 is 4.42 Å². The molecule has 10 aromatic rings. The van der Waals surface area contributed by atoms with Crippen LogP contribution in [0.2, 0.25) is 0 Å². The maximum atomic E-state index is 6.55. The Hall–Kier alpha value is -7.76. The molecule has 72 heavy (non-hydrogen) atoms. The lowest BCUT2D eigenvalue weighted by molar-refractivity contribution is 0.573. The average molecular weight is 936 g/mol. The number of aryl methyl sites for hydroxylation is 5. The van der Waals surface area contributed by atoms with Gasteiger partial charge in [0.1, 0.15) is 11.0 Å². The normalized spacial score (nSPS) is 13.7. The van der Waals surface area contributed by atoms with E-state index in [0.717, 1.165) is 49.6 Å². The van der Waals surface area contributed by atoms with E-state index in [9.17, 15) is 0 Å². The lowest BCUT2D eigenvalue weighted by Gasteiger charge is -2.46. The number of para-hydroxylation sites is 3. The highest BCUT2D eigenvalue weighted by atomic mass is 16.3. The van der Waals surface area contributed by atoms with Crippen molar-refractivity contribution in [2.75, 3.05) is 9.80 Å². The molecule has 0 N–H and O–H groups in total. The van der Waals surface area contributed by atoms with Gasteiger partial charge in [0.05, 0.1) is 22.4 Å². The topological polar surface area (TPSA) is 24.6 Å². The smallest absolute Gasteiger partial charge is 0.252 e. The number of nitrogens with zero attached hydrogens (tertiary/aromatic N) is 3. The second kappa shape index (κ2) is 16.1. The molecular weight excluding hydrogens is 874 g/mol. The van der Waals surface area contributed by atoms with Crippen molar-refractivity contribution in [3.8, 4) is 5.69 Å². The fraction of sp³-hybridized carbons (Fsp3) is 0.194. The second-order valence-corrected chi connectivity index (χ2v) is 22.6. The summed E-state index contributed by atoms with van der Waals surface area (Å²) in [5.74, 6) is 0. The van der Waals surface area contributed by atoms with Crippen LogP contribution in [0, 0.1) is 34.6 Å². The summed E-state index contributed by atoms with van der Waals surface area (Å²) in [6, 6.07) is 54.9. The van der Waals surface area contributed by atoms with Crippen molar-refractivity contribution in [3.63, 3.8) is 0 Å². The third kappa shape index (κ3) is 6.80. The third-order valence-corrected chi connectivity index (χ3v) is 15.7. The number of hydrogen-bond acceptors (Lipinski definition) is 3. The molecule has 0 fully saturated rings. The molecule has 0 aliphatic carbocycles. The zero-order valence-electron chi connectivity index (χ0n) is 43.7. The van der Waals surface area contributed by atoms with Gasteiger partial charge in [-0.05, 0) is 167 Å². The molecule has 0 spiro atoms. The minimum Gasteiger partial charge on any atom is -0.455 e. The van der Waals surface area contributed by atoms with Crippen LogP contribution in [0.25, 0.3) is 50.6 Å². The van der Waals surface area contributed by atoms with Crippen LogP contribution in [0.3, 0.4) is 0 Å². The van der Waals surface area contributed by atoms with Crippen LogP contribution >= 0.6 is 0 Å². The van der Waals surface area contributed by atoms with Crippen LogP contribution in [0.4, 0.5) is 34.1 Å². The number of hydrogen-bond donors (Lipinski definition) is 0. The Morgan fingerprint density at radius 3 is 1.76 bits per heavy atom. The molecule has 2 aliphatic heterocycles. The largest absolute Gasteiger partial charge is 0.455 e. The Bertz CT molecular complexity index is 4020. The molecule has 4 nitrogen and oxygen atoms in total. The lowest BCUT2D eigenvalue weighted by Crippen LogP contribution is -2.61. The quantitative estimate of drug-likeness (QED) is 0.161. The minimum atomic E-state index is -0.0650. The van der Waals surface area contributed by atoms with Gasteiger partial charge in [0.2, 0.25) is 0 Å². The van der Waals surface area contributed by atoms with Gasteiger partial charge in [-0.15, -0.1) is 0 Å². The van der Waals surface area contributed by atoms with E-state index in [1.165, 1.54) is 100 Å². The first-order valence-electron chi connectivity index (χ1n) is 25.5. The average Bonchev–Trinajstić information content (AvgIpc) is 3.84. The molecule has 0 saturated carbocycles. The van der Waals surface area contributed by atoms with E-state index in [4.69, 9.17) is 4.42 Å². The van der Waals surface area contributed by atoms with E-state index in [0.29, 0.717) is 0 Å². The SMILES string of the molecule is C=C/C(c1cc(C)c(N2c3cc4c(cc3B3c5cc(C(C)(C)C)ccc5N(c5c(C)cccc5C)c5cc(C)cc2c53)c2ccc(C(C)(C)C)cc2n4-c2ccccc2)c(C)c1)=c1/oc2ccccc2c1=C. The van der Waals surface area contributed by atoms with Gasteiger partial charge in [-0.25, -0.2) is 0 Å². The molecule has 0 bridgehead atoms. The number of fused-ring (bicyclic) bond motifs is 8. The van der Waals surface area contributed by atoms with Crippen molar-refractivity contribution in [2.45, 2.75) is 87.0 Å². The second-order valence-electron chi connectivity index (χ2n) is 22.6. The zero-order valence-corrected chi connectivity index (χ0v) is 43.7. The van der Waals surface area contributed by atoms with E-state index in [2.05, 4.69) is 231 Å². The molecule has 0 unspecified atom stereocenters. The maximum absolute atomic E-state index is 6.55. The Kier molecular flexibility index (Phi) is 10.2. The molecule has 12 rings (SSSR count). The minimum absolute atomic E-state index is 0.0280. The number of rotatable bonds is 5. The molecule has 0 radical (unpaired) electrons. The summed E-state index contributed by atoms with van der Waals surface area (Å²) in [6.45, 7) is 34.1. The van der Waals surface area contributed by atoms with Gasteiger partial charge in [0.25, 0.3) is 6.71 Å². The van der Waals surface area contributed by atoms with Crippen LogP contribution < -0.4 is 36.8 Å². The van der Waals surface area contributed by atoms with Crippen molar-refractivity contribution >= 4 is 102 Å². The molecule has 0 saturated heterocycles. The highest BCUT2D eigenvalue weighted by Crippen LogP contribution is 2.49. The Labute approximate surface area is 424 Å². The summed E-state index contributed by atoms with van der Waals surface area (Å²) in [6.07, 6.45) is 1.92. The summed E-state index contributed by atoms with van der Waals surface area (Å²) < 4.78 is 9.06. The summed E-state index contributed by atoms with van der Waals surface area (Å²) in [7, 11) is 0. The monoisotopic (exact) mass is 935 g/mol. The molecule has 5 heteroatoms. The number of benzene rings is 8. The summed E-state index contributed by atoms with van der Waals surface area (Å²) in [5, 5.41) is 4.39. The number of anilines is 6. The van der Waals surface area contributed by atoms with Crippen molar-refractivity contribution in [3.05, 3.63) is 213 Å². The Morgan fingerprint density at radius 2 is 1.11 bits per heavy atom. The Balaban J connectivity index is 1.22. The summed E-state index contributed by atoms with van der Waals surface area (Å²) in [5.41, 5.74) is 26.8. The van der Waals surface area contributed by atoms with Gasteiger partial charge >= 0.3 is 0 Å². The van der Waals surface area contributed by atoms with Gasteiger partial charge in [0.15, 0.2) is 0 Å². The van der Waals surface area contributed by atoms with E-state index >= 15 is 0 Å². The molecule has 2 aromatic heterocycles. The third-order valence-electron chi connectivity index (χ3n) is 15.7. The van der Waals surface area contributed by atoms with Gasteiger partial charge in [-0.3, -0.25) is 0 Å². The van der Waals surface area contributed by atoms with Crippen LogP contribution in [-0.4, -0.2) is 11.3 Å². The zero-order chi connectivity index (χ0) is 50.3. The van der Waals surface area contributed by atoms with Crippen molar-refractivity contribution in [1.29, 1.82) is 0 Å². The first-order chi connectivity index (χ1) is 34.4. The number of aromatic nitrogens is 1. The predicted molar refractivity (Wildman–Crippen MR) is 310 cm³/mol. The molecular formula is C67H62BN3O. The van der Waals surface area contributed by atoms with E-state index in [-0.39, 0.29) is 17.5 Å². The molecule has 2 aliphatic rings. The van der Waals surface area contributed by atoms with E-state index < -0.39 is 0 Å². The number of furan rings is 1. The summed E-state index contributed by atoms with van der Waals surface area (Å²) in [4.78, 5) is 5.20. The first kappa shape index (κ1) is 45.4. The molecule has 354 valence electrons.